The number of carbonyl (C=O) groups excluding carboxylic acids is 1. The Labute approximate surface area is 95.4 Å². The minimum absolute atomic E-state index is 0.306. The summed E-state index contributed by atoms with van der Waals surface area (Å²) in [6.07, 6.45) is 0. The molecule has 0 aromatic carbocycles. The number of hydrogen-bond acceptors (Lipinski definition) is 5. The lowest BCUT2D eigenvalue weighted by Gasteiger charge is -1.94. The van der Waals surface area contributed by atoms with Crippen LogP contribution in [0, 0.1) is 6.92 Å². The van der Waals surface area contributed by atoms with E-state index in [2.05, 4.69) is 4.98 Å². The van der Waals surface area contributed by atoms with Crippen LogP contribution in [0.5, 0.6) is 5.06 Å². The maximum Gasteiger partial charge on any atom is 0.308 e. The van der Waals surface area contributed by atoms with E-state index in [0.29, 0.717) is 5.06 Å². The first kappa shape index (κ1) is 10.3. The number of thiazole rings is 1. The minimum Gasteiger partial charge on any atom is -0.414 e. The molecule has 0 amide bonds. The van der Waals surface area contributed by atoms with Gasteiger partial charge < -0.3 is 4.74 Å². The Kier molecular flexibility index (Phi) is 2.83. The van der Waals surface area contributed by atoms with Crippen molar-refractivity contribution in [3.63, 3.8) is 0 Å². The van der Waals surface area contributed by atoms with E-state index in [9.17, 15) is 4.79 Å². The van der Waals surface area contributed by atoms with Crippen molar-refractivity contribution in [2.75, 3.05) is 0 Å². The summed E-state index contributed by atoms with van der Waals surface area (Å²) in [7, 11) is 0. The number of thiophene rings is 1. The van der Waals surface area contributed by atoms with Gasteiger partial charge in [0, 0.05) is 6.92 Å². The third-order valence-electron chi connectivity index (χ3n) is 1.72. The Morgan fingerprint density at radius 1 is 1.53 bits per heavy atom. The third-order valence-corrected chi connectivity index (χ3v) is 3.80. The van der Waals surface area contributed by atoms with Gasteiger partial charge in [-0.1, -0.05) is 17.4 Å². The second-order valence-corrected chi connectivity index (χ2v) is 4.87. The zero-order valence-corrected chi connectivity index (χ0v) is 9.95. The average molecular weight is 239 g/mol. The van der Waals surface area contributed by atoms with Gasteiger partial charge in [0.2, 0.25) is 5.06 Å². The van der Waals surface area contributed by atoms with Crippen molar-refractivity contribution < 1.29 is 9.53 Å². The fourth-order valence-electron chi connectivity index (χ4n) is 1.11. The van der Waals surface area contributed by atoms with E-state index < -0.39 is 0 Å². The van der Waals surface area contributed by atoms with Crippen LogP contribution in [0.1, 0.15) is 12.6 Å². The molecule has 0 atom stereocenters. The molecule has 2 heterocycles. The van der Waals surface area contributed by atoms with E-state index in [0.717, 1.165) is 15.6 Å². The molecule has 78 valence electrons. The zero-order chi connectivity index (χ0) is 10.8. The first-order valence-electron chi connectivity index (χ1n) is 4.36. The number of ether oxygens (including phenoxy) is 1. The SMILES string of the molecule is CC(=O)Oc1sc(-c2cccs2)nc1C. The topological polar surface area (TPSA) is 39.2 Å². The number of carbonyl (C=O) groups is 1. The maximum absolute atomic E-state index is 10.8. The average Bonchev–Trinajstić information content (AvgIpc) is 2.75. The highest BCUT2D eigenvalue weighted by Gasteiger charge is 2.12. The van der Waals surface area contributed by atoms with E-state index in [1.807, 2.05) is 24.4 Å². The smallest absolute Gasteiger partial charge is 0.308 e. The van der Waals surface area contributed by atoms with Crippen LogP contribution in [0.3, 0.4) is 0 Å². The summed E-state index contributed by atoms with van der Waals surface area (Å²) in [6, 6.07) is 3.97. The molecular formula is C10H9NO2S2. The lowest BCUT2D eigenvalue weighted by molar-refractivity contribution is -0.131. The predicted molar refractivity (Wildman–Crippen MR) is 61.5 cm³/mol. The normalized spacial score (nSPS) is 10.3. The number of hydrogen-bond donors (Lipinski definition) is 0. The van der Waals surface area contributed by atoms with Crippen LogP contribution in [0.25, 0.3) is 9.88 Å². The van der Waals surface area contributed by atoms with Crippen molar-refractivity contribution in [3.8, 4) is 14.9 Å². The summed E-state index contributed by atoms with van der Waals surface area (Å²) in [4.78, 5) is 16.3. The number of nitrogens with zero attached hydrogens (tertiary/aromatic N) is 1. The molecule has 0 bridgehead atoms. The van der Waals surface area contributed by atoms with Crippen LogP contribution in [0.2, 0.25) is 0 Å². The molecule has 15 heavy (non-hydrogen) atoms. The Bertz CT molecular complexity index is 474. The van der Waals surface area contributed by atoms with E-state index in [-0.39, 0.29) is 5.97 Å². The summed E-state index contributed by atoms with van der Waals surface area (Å²) >= 11 is 3.03. The summed E-state index contributed by atoms with van der Waals surface area (Å²) in [6.45, 7) is 3.23. The molecule has 0 N–H and O–H groups in total. The summed E-state index contributed by atoms with van der Waals surface area (Å²) in [5.41, 5.74) is 0.763. The number of aryl methyl sites for hydroxylation is 1. The Hall–Kier alpha value is -1.20. The van der Waals surface area contributed by atoms with Gasteiger partial charge in [-0.3, -0.25) is 4.79 Å². The van der Waals surface area contributed by atoms with Crippen LogP contribution in [-0.4, -0.2) is 11.0 Å². The molecule has 0 radical (unpaired) electrons. The fourth-order valence-corrected chi connectivity index (χ4v) is 2.87. The molecule has 2 aromatic heterocycles. The highest BCUT2D eigenvalue weighted by Crippen LogP contribution is 2.35. The zero-order valence-electron chi connectivity index (χ0n) is 8.31. The molecule has 3 nitrogen and oxygen atoms in total. The standard InChI is InChI=1S/C10H9NO2S2/c1-6-10(13-7(2)12)15-9(11-6)8-4-3-5-14-8/h3-5H,1-2H3. The first-order valence-corrected chi connectivity index (χ1v) is 6.06. The van der Waals surface area contributed by atoms with E-state index in [1.54, 1.807) is 11.3 Å². The highest BCUT2D eigenvalue weighted by atomic mass is 32.1. The molecule has 0 aliphatic carbocycles. The van der Waals surface area contributed by atoms with Crippen molar-refractivity contribution in [3.05, 3.63) is 23.2 Å². The summed E-state index contributed by atoms with van der Waals surface area (Å²) in [5.74, 6) is -0.306. The molecule has 2 aromatic rings. The molecule has 0 fully saturated rings. The molecule has 0 saturated heterocycles. The summed E-state index contributed by atoms with van der Waals surface area (Å²) in [5, 5.41) is 3.49. The van der Waals surface area contributed by atoms with Gasteiger partial charge in [-0.2, -0.15) is 0 Å². The number of aromatic nitrogens is 1. The van der Waals surface area contributed by atoms with Crippen LogP contribution >= 0.6 is 22.7 Å². The molecule has 0 unspecified atom stereocenters. The van der Waals surface area contributed by atoms with Gasteiger partial charge in [-0.15, -0.1) is 11.3 Å². The van der Waals surface area contributed by atoms with Crippen molar-refractivity contribution >= 4 is 28.6 Å². The molecule has 0 spiro atoms. The number of esters is 1. The van der Waals surface area contributed by atoms with Crippen molar-refractivity contribution in [2.45, 2.75) is 13.8 Å². The predicted octanol–water partition coefficient (Wildman–Crippen LogP) is 3.11. The third kappa shape index (κ3) is 2.24. The second kappa shape index (κ2) is 4.12. The van der Waals surface area contributed by atoms with Crippen LogP contribution in [0.4, 0.5) is 0 Å². The van der Waals surface area contributed by atoms with Gasteiger partial charge in [0.25, 0.3) is 0 Å². The second-order valence-electron chi connectivity index (χ2n) is 2.96. The molecule has 0 aliphatic heterocycles. The monoisotopic (exact) mass is 239 g/mol. The van der Waals surface area contributed by atoms with Gasteiger partial charge >= 0.3 is 5.97 Å². The van der Waals surface area contributed by atoms with Gasteiger partial charge in [0.05, 0.1) is 10.6 Å². The van der Waals surface area contributed by atoms with Gasteiger partial charge in [0.15, 0.2) is 0 Å². The lowest BCUT2D eigenvalue weighted by atomic mass is 10.5. The Morgan fingerprint density at radius 2 is 2.33 bits per heavy atom. The Balaban J connectivity index is 2.33. The quantitative estimate of drug-likeness (QED) is 0.756. The van der Waals surface area contributed by atoms with E-state index in [4.69, 9.17) is 4.74 Å². The highest BCUT2D eigenvalue weighted by molar-refractivity contribution is 7.22. The van der Waals surface area contributed by atoms with Crippen LogP contribution < -0.4 is 4.74 Å². The minimum atomic E-state index is -0.306. The molecule has 0 aliphatic rings. The van der Waals surface area contributed by atoms with Gasteiger partial charge in [-0.05, 0) is 18.4 Å². The van der Waals surface area contributed by atoms with Crippen molar-refractivity contribution in [1.82, 2.24) is 4.98 Å². The fraction of sp³-hybridized carbons (Fsp3) is 0.200. The van der Waals surface area contributed by atoms with Gasteiger partial charge in [-0.25, -0.2) is 4.98 Å². The van der Waals surface area contributed by atoms with Gasteiger partial charge in [0.1, 0.15) is 5.01 Å². The maximum atomic E-state index is 10.8. The number of rotatable bonds is 2. The van der Waals surface area contributed by atoms with E-state index >= 15 is 0 Å². The van der Waals surface area contributed by atoms with E-state index in [1.165, 1.54) is 18.3 Å². The first-order chi connectivity index (χ1) is 7.16. The Morgan fingerprint density at radius 3 is 2.93 bits per heavy atom. The van der Waals surface area contributed by atoms with Crippen molar-refractivity contribution in [1.29, 1.82) is 0 Å². The lowest BCUT2D eigenvalue weighted by Crippen LogP contribution is -2.00. The largest absolute Gasteiger partial charge is 0.414 e. The molecule has 0 saturated carbocycles. The van der Waals surface area contributed by atoms with Crippen LogP contribution in [-0.2, 0) is 4.79 Å². The van der Waals surface area contributed by atoms with Crippen molar-refractivity contribution in [2.24, 2.45) is 0 Å². The molecule has 5 heteroatoms. The van der Waals surface area contributed by atoms with Crippen LogP contribution in [0.15, 0.2) is 17.5 Å². The summed E-state index contributed by atoms with van der Waals surface area (Å²) < 4.78 is 5.05. The molecular weight excluding hydrogens is 230 g/mol. The molecule has 2 rings (SSSR count).